The number of benzene rings is 1. The fourth-order valence-corrected chi connectivity index (χ4v) is 7.08. The van der Waals surface area contributed by atoms with E-state index in [9.17, 15) is 58.2 Å². The Morgan fingerprint density at radius 1 is 0.533 bits per heavy atom. The maximum atomic E-state index is 14.0. The number of carbonyl (C=O) groups is 10. The molecule has 420 valence electrons. The summed E-state index contributed by atoms with van der Waals surface area (Å²) >= 11 is 0. The van der Waals surface area contributed by atoms with Crippen molar-refractivity contribution in [1.29, 1.82) is 10.8 Å². The van der Waals surface area contributed by atoms with Gasteiger partial charge in [0.15, 0.2) is 11.9 Å². The van der Waals surface area contributed by atoms with E-state index in [1.165, 1.54) is 7.05 Å². The molecule has 9 amide bonds. The monoisotopic (exact) mass is 1060 g/mol. The number of carboxylic acids is 1. The smallest absolute Gasteiger partial charge is 0.305 e. The third-order valence-electron chi connectivity index (χ3n) is 12.2. The van der Waals surface area contributed by atoms with Crippen molar-refractivity contribution in [3.63, 3.8) is 0 Å². The van der Waals surface area contributed by atoms with E-state index in [-0.39, 0.29) is 63.0 Å². The van der Waals surface area contributed by atoms with Crippen molar-refractivity contribution >= 4 is 71.1 Å². The molecule has 1 aromatic rings. The highest BCUT2D eigenvalue weighted by Crippen LogP contribution is 2.13. The number of primary amides is 1. The van der Waals surface area contributed by atoms with Crippen LogP contribution in [0, 0.1) is 22.7 Å². The Morgan fingerprint density at radius 3 is 1.41 bits per heavy atom. The zero-order valence-corrected chi connectivity index (χ0v) is 43.7. The molecule has 1 rings (SSSR count). The molecule has 75 heavy (non-hydrogen) atoms. The van der Waals surface area contributed by atoms with Crippen molar-refractivity contribution in [2.24, 2.45) is 29.0 Å². The van der Waals surface area contributed by atoms with Crippen molar-refractivity contribution in [2.75, 3.05) is 26.7 Å². The number of amides is 9. The zero-order chi connectivity index (χ0) is 56.9. The summed E-state index contributed by atoms with van der Waals surface area (Å²) in [6.45, 7) is 8.81. The van der Waals surface area contributed by atoms with Gasteiger partial charge in [-0.05, 0) is 64.0 Å². The zero-order valence-electron chi connectivity index (χ0n) is 43.7. The van der Waals surface area contributed by atoms with Gasteiger partial charge in [-0.2, -0.15) is 0 Å². The summed E-state index contributed by atoms with van der Waals surface area (Å²) in [6, 6.07) is -3.54. The number of aliphatic hydroxyl groups excluding tert-OH is 1. The van der Waals surface area contributed by atoms with Crippen LogP contribution in [0.4, 0.5) is 0 Å². The van der Waals surface area contributed by atoms with Gasteiger partial charge in [0.2, 0.25) is 53.2 Å². The van der Waals surface area contributed by atoms with Crippen LogP contribution in [0.5, 0.6) is 0 Å². The molecule has 0 spiro atoms. The van der Waals surface area contributed by atoms with Crippen LogP contribution in [-0.4, -0.2) is 162 Å². The van der Waals surface area contributed by atoms with Crippen LogP contribution in [0.15, 0.2) is 30.3 Å². The normalized spacial score (nSPS) is 15.3. The van der Waals surface area contributed by atoms with Crippen LogP contribution < -0.4 is 75.7 Å². The number of rotatable bonds is 35. The average Bonchev–Trinajstić information content (AvgIpc) is 3.36. The Balaban J connectivity index is 3.33. The largest absolute Gasteiger partial charge is 0.481 e. The number of nitrogens with two attached hydrogens (primary N) is 3. The fraction of sp³-hybridized carbons (Fsp3) is 0.617. The molecule has 0 aliphatic carbocycles. The Labute approximate surface area is 436 Å². The topological polar surface area (TPSA) is 469 Å². The molecule has 0 radical (unpaired) electrons. The quantitative estimate of drug-likeness (QED) is 0.0173. The molecule has 11 atom stereocenters. The Bertz CT molecular complexity index is 2120. The molecule has 0 heterocycles. The second kappa shape index (κ2) is 34.0. The summed E-state index contributed by atoms with van der Waals surface area (Å²) < 4.78 is 0. The van der Waals surface area contributed by atoms with Gasteiger partial charge in [0, 0.05) is 19.5 Å². The molecule has 28 nitrogen and oxygen atoms in total. The molecule has 0 fully saturated rings. The van der Waals surface area contributed by atoms with Gasteiger partial charge in [-0.25, -0.2) is 0 Å². The van der Waals surface area contributed by atoms with E-state index in [2.05, 4.69) is 58.5 Å². The van der Waals surface area contributed by atoms with Crippen molar-refractivity contribution < 1.29 is 58.2 Å². The van der Waals surface area contributed by atoms with Crippen LogP contribution in [0.25, 0.3) is 0 Å². The highest BCUT2D eigenvalue weighted by atomic mass is 16.4. The van der Waals surface area contributed by atoms with Gasteiger partial charge in [0.1, 0.15) is 48.3 Å². The number of carbonyl (C=O) groups excluding carboxylic acids is 9. The standard InChI is InChI=1S/C47H80N16O12/c1-8-24(3)35(37(48)67)62-42(72)31(21-28-15-11-10-12-16-28)60-45(75)36(25(4)9-2)63-43(73)32(22-34(65)66)59-39(69)27(6)56-44(74)33(23-64)61-41(71)30(18-14-20-55-47(51)52)58-40(70)29(17-13-19-54-46(49)50)57-38(68)26(5)53-7/h10-12,15-16,24-27,29-33,35-36,53,64H,8-9,13-14,17-23H2,1-7H3,(H2,48,67)(H,56,74)(H,57,68)(H,58,70)(H,59,69)(H,60,75)(H,61,71)(H,62,72)(H,63,73)(H,65,66)(H4,49,50,54)(H4,51,52,55)/t24-,25-,26-,27-,29-,30-,31-,32-,33-,35-,36-/m0/s1. The molecule has 0 aliphatic rings. The van der Waals surface area contributed by atoms with Gasteiger partial charge in [-0.15, -0.1) is 0 Å². The van der Waals surface area contributed by atoms with Crippen molar-refractivity contribution in [1.82, 2.24) is 58.5 Å². The van der Waals surface area contributed by atoms with Crippen LogP contribution in [0.1, 0.15) is 92.1 Å². The van der Waals surface area contributed by atoms with E-state index in [1.54, 1.807) is 65.0 Å². The van der Waals surface area contributed by atoms with Crippen molar-refractivity contribution in [3.05, 3.63) is 35.9 Å². The summed E-state index contributed by atoms with van der Waals surface area (Å²) in [5.41, 5.74) is 17.0. The summed E-state index contributed by atoms with van der Waals surface area (Å²) in [7, 11) is 1.53. The first-order valence-electron chi connectivity index (χ1n) is 24.7. The molecule has 0 saturated heterocycles. The van der Waals surface area contributed by atoms with Crippen LogP contribution in [-0.2, 0) is 54.4 Å². The van der Waals surface area contributed by atoms with Gasteiger partial charge >= 0.3 is 5.97 Å². The molecule has 0 saturated carbocycles. The number of guanidine groups is 2. The van der Waals surface area contributed by atoms with Crippen molar-refractivity contribution in [3.8, 4) is 0 Å². The van der Waals surface area contributed by atoms with Crippen LogP contribution >= 0.6 is 0 Å². The molecular weight excluding hydrogens is 981 g/mol. The van der Waals surface area contributed by atoms with Gasteiger partial charge in [0.25, 0.3) is 0 Å². The minimum absolute atomic E-state index is 0.0357. The molecule has 21 N–H and O–H groups in total. The number of hydrogen-bond donors (Lipinski definition) is 18. The minimum atomic E-state index is -1.83. The van der Waals surface area contributed by atoms with Gasteiger partial charge in [0.05, 0.1) is 19.1 Å². The second-order valence-electron chi connectivity index (χ2n) is 18.1. The second-order valence-corrected chi connectivity index (χ2v) is 18.1. The third-order valence-corrected chi connectivity index (χ3v) is 12.2. The first-order valence-corrected chi connectivity index (χ1v) is 24.7. The average molecular weight is 1060 g/mol. The maximum Gasteiger partial charge on any atom is 0.305 e. The van der Waals surface area contributed by atoms with Crippen molar-refractivity contribution in [2.45, 2.75) is 147 Å². The first kappa shape index (κ1) is 65.4. The number of carboxylic acid groups (broad SMARTS) is 1. The molecule has 0 bridgehead atoms. The third kappa shape index (κ3) is 24.3. The van der Waals surface area contributed by atoms with E-state index in [4.69, 9.17) is 28.0 Å². The SMILES string of the molecule is CC[C@H](C)[C@H](NC(=O)[C@H](Cc1ccccc1)NC(=O)[C@@H](NC(=O)[C@H](CC(=O)O)NC(=O)[C@H](C)NC(=O)[C@H](CO)NC(=O)[C@H](CCCNC(=N)N)NC(=O)[C@H](CCCNC(=N)N)NC(=O)[C@H](C)NC)[C@@H](C)CC)C(N)=O. The summed E-state index contributed by atoms with van der Waals surface area (Å²) in [4.78, 5) is 133. The molecule has 28 heteroatoms. The maximum absolute atomic E-state index is 14.0. The van der Waals surface area contributed by atoms with Gasteiger partial charge in [-0.3, -0.25) is 58.8 Å². The van der Waals surface area contributed by atoms with E-state index in [1.807, 2.05) is 0 Å². The highest BCUT2D eigenvalue weighted by molar-refractivity contribution is 5.99. The Hall–Kier alpha value is -7.62. The fourth-order valence-electron chi connectivity index (χ4n) is 7.08. The highest BCUT2D eigenvalue weighted by Gasteiger charge is 2.36. The van der Waals surface area contributed by atoms with Crippen LogP contribution in [0.3, 0.4) is 0 Å². The lowest BCUT2D eigenvalue weighted by Gasteiger charge is -2.29. The molecule has 1 aromatic carbocycles. The molecular formula is C47H80N16O12. The number of nitrogens with one attached hydrogen (secondary N) is 13. The number of aliphatic carboxylic acids is 1. The summed E-state index contributed by atoms with van der Waals surface area (Å²) in [5, 5.41) is 62.5. The summed E-state index contributed by atoms with van der Waals surface area (Å²) in [6.07, 6.45) is 0.0791. The lowest BCUT2D eigenvalue weighted by Crippen LogP contribution is -2.61. The Morgan fingerprint density at radius 2 is 0.947 bits per heavy atom. The van der Waals surface area contributed by atoms with E-state index in [0.717, 1.165) is 6.92 Å². The van der Waals surface area contributed by atoms with Gasteiger partial charge in [-0.1, -0.05) is 70.9 Å². The van der Waals surface area contributed by atoms with Crippen LogP contribution in [0.2, 0.25) is 0 Å². The minimum Gasteiger partial charge on any atom is -0.481 e. The van der Waals surface area contributed by atoms with E-state index >= 15 is 0 Å². The number of aliphatic hydroxyl groups is 1. The molecule has 0 aromatic heterocycles. The molecule has 0 unspecified atom stereocenters. The first-order chi connectivity index (χ1) is 35.3. The Kier molecular flexibility index (Phi) is 29.6. The van der Waals surface area contributed by atoms with E-state index < -0.39 is 132 Å². The predicted molar refractivity (Wildman–Crippen MR) is 276 cm³/mol. The molecule has 0 aliphatic heterocycles. The number of likely N-dealkylation sites (N-methyl/N-ethyl adjacent to an activating group) is 1. The summed E-state index contributed by atoms with van der Waals surface area (Å²) in [5.74, 6) is -11.2. The lowest BCUT2D eigenvalue weighted by molar-refractivity contribution is -0.141. The number of hydrogen-bond acceptors (Lipinski definition) is 14. The lowest BCUT2D eigenvalue weighted by atomic mass is 9.95. The van der Waals surface area contributed by atoms with Gasteiger partial charge < -0.3 is 85.9 Å². The van der Waals surface area contributed by atoms with E-state index in [0.29, 0.717) is 18.4 Å². The predicted octanol–water partition coefficient (Wildman–Crippen LogP) is -4.69.